The lowest BCUT2D eigenvalue weighted by Gasteiger charge is -2.38. The lowest BCUT2D eigenvalue weighted by atomic mass is 9.84. The predicted octanol–water partition coefficient (Wildman–Crippen LogP) is 6.04. The van der Waals surface area contributed by atoms with Crippen LogP contribution < -0.4 is 5.32 Å². The molecule has 0 radical (unpaired) electrons. The van der Waals surface area contributed by atoms with Gasteiger partial charge in [-0.3, -0.25) is 4.79 Å². The number of hydrogen-bond donors (Lipinski definition) is 1. The number of carbonyl (C=O) groups excluding carboxylic acids is 1. The number of rotatable bonds is 5. The zero-order valence-electron chi connectivity index (χ0n) is 21.4. The third-order valence-corrected chi connectivity index (χ3v) is 8.73. The number of hydrogen-bond acceptors (Lipinski definition) is 5. The maximum absolute atomic E-state index is 14.7. The molecule has 2 aromatic carbocycles. The van der Waals surface area contributed by atoms with Crippen molar-refractivity contribution < 1.29 is 62.0 Å². The molecule has 236 valence electrons. The Morgan fingerprint density at radius 3 is 2.19 bits per heavy atom. The average Bonchev–Trinajstić information content (AvgIpc) is 2.85. The van der Waals surface area contributed by atoms with Crippen molar-refractivity contribution in [2.75, 3.05) is 13.1 Å². The van der Waals surface area contributed by atoms with Crippen molar-refractivity contribution in [3.05, 3.63) is 69.0 Å². The molecule has 4 rings (SSSR count). The fraction of sp³-hybridized carbons (Fsp3) is 0.417. The molecule has 0 aromatic heterocycles. The molecular formula is C24H18ClF10N3O4S. The van der Waals surface area contributed by atoms with Crippen LogP contribution in [-0.4, -0.2) is 55.2 Å². The molecule has 0 saturated carbocycles. The largest absolute Gasteiger partial charge is 0.511 e. The monoisotopic (exact) mass is 669 g/mol. The second-order valence-electron chi connectivity index (χ2n) is 9.74. The summed E-state index contributed by atoms with van der Waals surface area (Å²) in [5.41, 5.74) is -11.9. The summed E-state index contributed by atoms with van der Waals surface area (Å²) in [4.78, 5) is 17.3. The molecule has 1 N–H and O–H groups in total. The number of amides is 1. The maximum atomic E-state index is 14.7. The summed E-state index contributed by atoms with van der Waals surface area (Å²) >= 11 is 5.49. The van der Waals surface area contributed by atoms with Crippen LogP contribution >= 0.6 is 11.6 Å². The first-order valence-corrected chi connectivity index (χ1v) is 13.8. The maximum Gasteiger partial charge on any atom is 0.511 e. The van der Waals surface area contributed by atoms with Crippen molar-refractivity contribution in [1.82, 2.24) is 9.62 Å². The van der Waals surface area contributed by atoms with Crippen LogP contribution in [-0.2, 0) is 26.6 Å². The fourth-order valence-corrected chi connectivity index (χ4v) is 5.79. The van der Waals surface area contributed by atoms with Crippen LogP contribution in [0.1, 0.15) is 45.5 Å². The minimum atomic E-state index is -5.54. The van der Waals surface area contributed by atoms with Crippen LogP contribution in [0.4, 0.5) is 43.9 Å². The van der Waals surface area contributed by atoms with E-state index in [1.165, 1.54) is 25.1 Å². The summed E-state index contributed by atoms with van der Waals surface area (Å²) in [5.74, 6) is -2.53. The van der Waals surface area contributed by atoms with Gasteiger partial charge >= 0.3 is 27.9 Å². The van der Waals surface area contributed by atoms with Gasteiger partial charge in [0.15, 0.2) is 0 Å². The van der Waals surface area contributed by atoms with Gasteiger partial charge in [-0.05, 0) is 48.7 Å². The number of aryl methyl sites for hydroxylation is 1. The number of nitrogens with zero attached hydrogens (tertiary/aromatic N) is 2. The van der Waals surface area contributed by atoms with E-state index in [4.69, 9.17) is 16.4 Å². The SMILES string of the molecule is Cc1cc(C2=NO[C@](c3cc(C(F)(F)F)cc(Cl)c3F)(C(F)(F)F)CC2)ccc1C(=O)NC1CN(S(=O)(=O)C(F)(F)F)C1. The van der Waals surface area contributed by atoms with Crippen LogP contribution in [0.5, 0.6) is 0 Å². The second kappa shape index (κ2) is 10.8. The Kier molecular flexibility index (Phi) is 8.23. The van der Waals surface area contributed by atoms with Crippen molar-refractivity contribution in [1.29, 1.82) is 0 Å². The number of benzene rings is 2. The summed E-state index contributed by atoms with van der Waals surface area (Å²) in [6, 6.07) is 3.00. The van der Waals surface area contributed by atoms with Gasteiger partial charge in [0, 0.05) is 30.6 Å². The van der Waals surface area contributed by atoms with Crippen LogP contribution in [0, 0.1) is 12.7 Å². The topological polar surface area (TPSA) is 88.1 Å². The molecule has 1 saturated heterocycles. The van der Waals surface area contributed by atoms with Gasteiger partial charge < -0.3 is 10.2 Å². The summed E-state index contributed by atoms with van der Waals surface area (Å²) in [5, 5.41) is 4.62. The first-order valence-electron chi connectivity index (χ1n) is 12.0. The summed E-state index contributed by atoms with van der Waals surface area (Å²) in [6.45, 7) is 0.193. The molecule has 2 aromatic rings. The van der Waals surface area contributed by atoms with Gasteiger partial charge in [0.2, 0.25) is 0 Å². The van der Waals surface area contributed by atoms with Crippen LogP contribution in [0.15, 0.2) is 35.5 Å². The average molecular weight is 670 g/mol. The van der Waals surface area contributed by atoms with Gasteiger partial charge in [0.25, 0.3) is 11.5 Å². The number of oxime groups is 1. The van der Waals surface area contributed by atoms with Gasteiger partial charge in [-0.25, -0.2) is 12.8 Å². The molecule has 0 aliphatic carbocycles. The Hall–Kier alpha value is -3.12. The molecule has 7 nitrogen and oxygen atoms in total. The van der Waals surface area contributed by atoms with Crippen molar-refractivity contribution in [2.24, 2.45) is 5.16 Å². The highest BCUT2D eigenvalue weighted by Crippen LogP contribution is 2.50. The molecule has 1 atom stereocenters. The highest BCUT2D eigenvalue weighted by Gasteiger charge is 2.62. The van der Waals surface area contributed by atoms with E-state index in [1.54, 1.807) is 0 Å². The van der Waals surface area contributed by atoms with Gasteiger partial charge in [-0.2, -0.15) is 43.8 Å². The smallest absolute Gasteiger partial charge is 0.374 e. The predicted molar refractivity (Wildman–Crippen MR) is 130 cm³/mol. The summed E-state index contributed by atoms with van der Waals surface area (Å²) in [6.07, 6.45) is -12.2. The van der Waals surface area contributed by atoms with E-state index >= 15 is 0 Å². The summed E-state index contributed by atoms with van der Waals surface area (Å²) in [7, 11) is -5.54. The number of sulfonamides is 1. The standard InChI is InChI=1S/C24H18ClF10N3O4S/c1-11-6-12(2-3-15(11)20(39)36-14-9-38(10-14)43(40,41)24(33,34)35)18-4-5-21(42-37-18,23(30,31)32)16-7-13(22(27,28)29)8-17(25)19(16)26/h2-3,6-8,14H,4-5,9-10H2,1H3,(H,36,39)/t21-/m1/s1. The Morgan fingerprint density at radius 2 is 1.70 bits per heavy atom. The molecule has 1 amide bonds. The molecule has 0 unspecified atom stereocenters. The minimum Gasteiger partial charge on any atom is -0.374 e. The lowest BCUT2D eigenvalue weighted by Crippen LogP contribution is -2.62. The van der Waals surface area contributed by atoms with E-state index in [1.807, 2.05) is 0 Å². The van der Waals surface area contributed by atoms with Crippen LogP contribution in [0.25, 0.3) is 0 Å². The normalized spacial score (nSPS) is 20.7. The molecular weight excluding hydrogens is 652 g/mol. The molecule has 2 heterocycles. The highest BCUT2D eigenvalue weighted by atomic mass is 35.5. The Bertz CT molecular complexity index is 1590. The number of carbonyl (C=O) groups is 1. The molecule has 2 aliphatic heterocycles. The summed E-state index contributed by atoms with van der Waals surface area (Å²) < 4.78 is 158. The minimum absolute atomic E-state index is 0.00326. The van der Waals surface area contributed by atoms with Crippen molar-refractivity contribution in [3.63, 3.8) is 0 Å². The molecule has 1 fully saturated rings. The van der Waals surface area contributed by atoms with Crippen molar-refractivity contribution in [3.8, 4) is 0 Å². The molecule has 19 heteroatoms. The van der Waals surface area contributed by atoms with E-state index in [2.05, 4.69) is 10.5 Å². The zero-order valence-corrected chi connectivity index (χ0v) is 23.0. The molecule has 2 aliphatic rings. The third kappa shape index (κ3) is 6.00. The van der Waals surface area contributed by atoms with E-state index in [-0.39, 0.29) is 38.8 Å². The van der Waals surface area contributed by atoms with Crippen molar-refractivity contribution >= 4 is 33.2 Å². The third-order valence-electron chi connectivity index (χ3n) is 6.89. The molecule has 0 spiro atoms. The number of halogens is 11. The van der Waals surface area contributed by atoms with E-state index in [9.17, 15) is 57.1 Å². The fourth-order valence-electron chi connectivity index (χ4n) is 4.53. The van der Waals surface area contributed by atoms with E-state index in [0.717, 1.165) is 0 Å². The van der Waals surface area contributed by atoms with E-state index < -0.39 is 93.3 Å². The van der Waals surface area contributed by atoms with Crippen molar-refractivity contribution in [2.45, 2.75) is 49.3 Å². The highest BCUT2D eigenvalue weighted by molar-refractivity contribution is 7.90. The van der Waals surface area contributed by atoms with Gasteiger partial charge in [-0.1, -0.05) is 22.8 Å². The Morgan fingerprint density at radius 1 is 1.07 bits per heavy atom. The zero-order chi connectivity index (χ0) is 32.3. The van der Waals surface area contributed by atoms with Gasteiger partial charge in [0.05, 0.1) is 22.3 Å². The molecule has 43 heavy (non-hydrogen) atoms. The van der Waals surface area contributed by atoms with E-state index in [0.29, 0.717) is 0 Å². The Labute approximate surface area is 241 Å². The van der Waals surface area contributed by atoms with Gasteiger partial charge in [-0.15, -0.1) is 0 Å². The first kappa shape index (κ1) is 32.8. The Balaban J connectivity index is 1.54. The van der Waals surface area contributed by atoms with Gasteiger partial charge in [0.1, 0.15) is 5.82 Å². The second-order valence-corrected chi connectivity index (χ2v) is 12.1. The quantitative estimate of drug-likeness (QED) is 0.394. The van der Waals surface area contributed by atoms with Crippen LogP contribution in [0.3, 0.4) is 0 Å². The van der Waals surface area contributed by atoms with Crippen LogP contribution in [0.2, 0.25) is 5.02 Å². The molecule has 0 bridgehead atoms. The number of nitrogens with one attached hydrogen (secondary N) is 1. The first-order chi connectivity index (χ1) is 19.6. The lowest BCUT2D eigenvalue weighted by molar-refractivity contribution is -0.292. The number of alkyl halides is 9.